The minimum absolute atomic E-state index is 0.0792. The molecule has 1 rings (SSSR count). The molecule has 0 aliphatic rings. The molecule has 1 aromatic heterocycles. The van der Waals surface area contributed by atoms with E-state index < -0.39 is 10.0 Å². The van der Waals surface area contributed by atoms with Crippen molar-refractivity contribution < 1.29 is 12.8 Å². The lowest BCUT2D eigenvalue weighted by molar-refractivity contribution is 0.466. The van der Waals surface area contributed by atoms with Crippen LogP contribution in [-0.4, -0.2) is 30.9 Å². The molecular weight excluding hydrogens is 206 g/mol. The molecule has 0 aliphatic carbocycles. The van der Waals surface area contributed by atoms with Gasteiger partial charge in [0.05, 0.1) is 5.75 Å². The standard InChI is InChI=1S/C7H13N3O3S/c1-3-14(11,12)8-5-4-7-10-9-6(2)13-7/h8H,3-5H2,1-2H3. The number of aromatic nitrogens is 2. The molecule has 1 N–H and O–H groups in total. The summed E-state index contributed by atoms with van der Waals surface area (Å²) < 4.78 is 29.5. The van der Waals surface area contributed by atoms with Crippen molar-refractivity contribution in [2.75, 3.05) is 12.3 Å². The van der Waals surface area contributed by atoms with Gasteiger partial charge in [-0.25, -0.2) is 13.1 Å². The van der Waals surface area contributed by atoms with E-state index in [1.165, 1.54) is 0 Å². The van der Waals surface area contributed by atoms with Crippen molar-refractivity contribution in [2.45, 2.75) is 20.3 Å². The van der Waals surface area contributed by atoms with Gasteiger partial charge in [-0.15, -0.1) is 10.2 Å². The normalized spacial score (nSPS) is 11.9. The Kier molecular flexibility index (Phi) is 3.59. The zero-order valence-electron chi connectivity index (χ0n) is 8.15. The van der Waals surface area contributed by atoms with Gasteiger partial charge in [-0.3, -0.25) is 0 Å². The minimum Gasteiger partial charge on any atom is -0.426 e. The lowest BCUT2D eigenvalue weighted by atomic mass is 10.4. The maximum absolute atomic E-state index is 11.0. The molecule has 0 fully saturated rings. The lowest BCUT2D eigenvalue weighted by Crippen LogP contribution is -2.27. The molecule has 6 nitrogen and oxygen atoms in total. The molecule has 0 saturated carbocycles. The predicted molar refractivity (Wildman–Crippen MR) is 50.2 cm³/mol. The highest BCUT2D eigenvalue weighted by Gasteiger charge is 2.07. The van der Waals surface area contributed by atoms with Crippen molar-refractivity contribution in [3.05, 3.63) is 11.8 Å². The maximum Gasteiger partial charge on any atom is 0.217 e. The molecule has 0 radical (unpaired) electrons. The molecule has 0 aromatic carbocycles. The number of nitrogens with zero attached hydrogens (tertiary/aromatic N) is 2. The highest BCUT2D eigenvalue weighted by molar-refractivity contribution is 7.89. The second-order valence-corrected chi connectivity index (χ2v) is 4.86. The summed E-state index contributed by atoms with van der Waals surface area (Å²) in [5.41, 5.74) is 0. The van der Waals surface area contributed by atoms with Crippen molar-refractivity contribution in [1.82, 2.24) is 14.9 Å². The van der Waals surface area contributed by atoms with Gasteiger partial charge in [-0.2, -0.15) is 0 Å². The summed E-state index contributed by atoms with van der Waals surface area (Å²) in [7, 11) is -3.12. The van der Waals surface area contributed by atoms with Crippen LogP contribution < -0.4 is 4.72 Å². The highest BCUT2D eigenvalue weighted by Crippen LogP contribution is 1.97. The van der Waals surface area contributed by atoms with Gasteiger partial charge >= 0.3 is 0 Å². The highest BCUT2D eigenvalue weighted by atomic mass is 32.2. The fraction of sp³-hybridized carbons (Fsp3) is 0.714. The summed E-state index contributed by atoms with van der Waals surface area (Å²) >= 11 is 0. The zero-order valence-corrected chi connectivity index (χ0v) is 8.97. The second kappa shape index (κ2) is 4.52. The van der Waals surface area contributed by atoms with E-state index in [1.54, 1.807) is 13.8 Å². The molecule has 0 saturated heterocycles. The molecule has 80 valence electrons. The van der Waals surface area contributed by atoms with Gasteiger partial charge in [0.1, 0.15) is 0 Å². The molecule has 0 aliphatic heterocycles. The summed E-state index contributed by atoms with van der Waals surface area (Å²) in [6.45, 7) is 3.56. The number of rotatable bonds is 5. The van der Waals surface area contributed by atoms with E-state index in [0.29, 0.717) is 18.2 Å². The van der Waals surface area contributed by atoms with E-state index in [2.05, 4.69) is 14.9 Å². The SMILES string of the molecule is CCS(=O)(=O)NCCc1nnc(C)o1. The Morgan fingerprint density at radius 1 is 1.43 bits per heavy atom. The predicted octanol–water partition coefficient (Wildman–Crippen LogP) is -0.140. The molecule has 0 unspecified atom stereocenters. The summed E-state index contributed by atoms with van der Waals surface area (Å²) in [6.07, 6.45) is 0.417. The number of sulfonamides is 1. The van der Waals surface area contributed by atoms with Gasteiger partial charge in [-0.05, 0) is 6.92 Å². The Morgan fingerprint density at radius 2 is 2.14 bits per heavy atom. The maximum atomic E-state index is 11.0. The Labute approximate surface area is 82.8 Å². The molecule has 0 amide bonds. The fourth-order valence-corrected chi connectivity index (χ4v) is 1.47. The van der Waals surface area contributed by atoms with Crippen LogP contribution in [0.5, 0.6) is 0 Å². The van der Waals surface area contributed by atoms with Crippen molar-refractivity contribution >= 4 is 10.0 Å². The first-order chi connectivity index (χ1) is 6.53. The van der Waals surface area contributed by atoms with Crippen molar-refractivity contribution in [3.8, 4) is 0 Å². The quantitative estimate of drug-likeness (QED) is 0.745. The van der Waals surface area contributed by atoms with Crippen LogP contribution in [0.4, 0.5) is 0 Å². The molecule has 1 aromatic rings. The minimum atomic E-state index is -3.12. The third kappa shape index (κ3) is 3.43. The van der Waals surface area contributed by atoms with E-state index in [9.17, 15) is 8.42 Å². The van der Waals surface area contributed by atoms with Gasteiger partial charge in [0, 0.05) is 19.9 Å². The van der Waals surface area contributed by atoms with Crippen LogP contribution in [-0.2, 0) is 16.4 Å². The van der Waals surface area contributed by atoms with Crippen molar-refractivity contribution in [3.63, 3.8) is 0 Å². The third-order valence-electron chi connectivity index (χ3n) is 1.61. The van der Waals surface area contributed by atoms with Gasteiger partial charge in [-0.1, -0.05) is 0 Å². The molecule has 0 bridgehead atoms. The first-order valence-corrected chi connectivity index (χ1v) is 5.95. The van der Waals surface area contributed by atoms with E-state index in [1.807, 2.05) is 0 Å². The first kappa shape index (κ1) is 11.1. The number of nitrogens with one attached hydrogen (secondary N) is 1. The smallest absolute Gasteiger partial charge is 0.217 e. The molecular formula is C7H13N3O3S. The largest absolute Gasteiger partial charge is 0.426 e. The van der Waals surface area contributed by atoms with Gasteiger partial charge in [0.25, 0.3) is 0 Å². The van der Waals surface area contributed by atoms with E-state index in [4.69, 9.17) is 4.42 Å². The van der Waals surface area contributed by atoms with Gasteiger partial charge in [0.15, 0.2) is 0 Å². The van der Waals surface area contributed by atoms with Gasteiger partial charge < -0.3 is 4.42 Å². The molecule has 0 atom stereocenters. The summed E-state index contributed by atoms with van der Waals surface area (Å²) in [4.78, 5) is 0. The molecule has 0 spiro atoms. The van der Waals surface area contributed by atoms with Crippen LogP contribution in [0.1, 0.15) is 18.7 Å². The average molecular weight is 219 g/mol. The molecule has 1 heterocycles. The van der Waals surface area contributed by atoms with E-state index in [0.717, 1.165) is 0 Å². The van der Waals surface area contributed by atoms with Crippen LogP contribution >= 0.6 is 0 Å². The van der Waals surface area contributed by atoms with Crippen LogP contribution in [0, 0.1) is 6.92 Å². The molecule has 14 heavy (non-hydrogen) atoms. The Bertz CT molecular complexity index is 385. The van der Waals surface area contributed by atoms with Crippen molar-refractivity contribution in [1.29, 1.82) is 0 Å². The van der Waals surface area contributed by atoms with Crippen molar-refractivity contribution in [2.24, 2.45) is 0 Å². The summed E-state index contributed by atoms with van der Waals surface area (Å²) in [5, 5.41) is 7.37. The van der Waals surface area contributed by atoms with Crippen LogP contribution in [0.15, 0.2) is 4.42 Å². The third-order valence-corrected chi connectivity index (χ3v) is 3.01. The van der Waals surface area contributed by atoms with Gasteiger partial charge in [0.2, 0.25) is 21.8 Å². The Morgan fingerprint density at radius 3 is 2.64 bits per heavy atom. The second-order valence-electron chi connectivity index (χ2n) is 2.76. The number of aryl methyl sites for hydroxylation is 1. The monoisotopic (exact) mass is 219 g/mol. The number of hydrogen-bond donors (Lipinski definition) is 1. The van der Waals surface area contributed by atoms with Crippen LogP contribution in [0.2, 0.25) is 0 Å². The topological polar surface area (TPSA) is 85.1 Å². The Hall–Kier alpha value is -0.950. The first-order valence-electron chi connectivity index (χ1n) is 4.30. The van der Waals surface area contributed by atoms with E-state index >= 15 is 0 Å². The average Bonchev–Trinajstić information content (AvgIpc) is 2.51. The van der Waals surface area contributed by atoms with Crippen LogP contribution in [0.3, 0.4) is 0 Å². The number of hydrogen-bond acceptors (Lipinski definition) is 5. The van der Waals surface area contributed by atoms with E-state index in [-0.39, 0.29) is 12.3 Å². The molecule has 7 heteroatoms. The van der Waals surface area contributed by atoms with Crippen LogP contribution in [0.25, 0.3) is 0 Å². The zero-order chi connectivity index (χ0) is 10.6. The summed E-state index contributed by atoms with van der Waals surface area (Å²) in [6, 6.07) is 0. The lowest BCUT2D eigenvalue weighted by Gasteiger charge is -2.00. The fourth-order valence-electron chi connectivity index (χ4n) is 0.854. The summed E-state index contributed by atoms with van der Waals surface area (Å²) in [5.74, 6) is 1.01. The Balaban J connectivity index is 2.36.